The van der Waals surface area contributed by atoms with E-state index in [9.17, 15) is 27.6 Å². The summed E-state index contributed by atoms with van der Waals surface area (Å²) in [6.45, 7) is 4.48. The van der Waals surface area contributed by atoms with E-state index in [-0.39, 0.29) is 12.8 Å². The van der Waals surface area contributed by atoms with Gasteiger partial charge in [0.25, 0.3) is 0 Å². The van der Waals surface area contributed by atoms with Crippen LogP contribution < -0.4 is 5.32 Å². The summed E-state index contributed by atoms with van der Waals surface area (Å²) in [5.41, 5.74) is -0.666. The van der Waals surface area contributed by atoms with Gasteiger partial charge in [-0.3, -0.25) is 14.4 Å². The SMILES string of the molecule is CC(C)(C)OC(=O)CCC(=O)CNC(=O)CC(F)(F)F. The Bertz CT molecular complexity index is 338. The van der Waals surface area contributed by atoms with E-state index >= 15 is 0 Å². The van der Waals surface area contributed by atoms with Gasteiger partial charge in [-0.2, -0.15) is 13.2 Å². The van der Waals surface area contributed by atoms with Crippen molar-refractivity contribution in [3.63, 3.8) is 0 Å². The Morgan fingerprint density at radius 2 is 1.60 bits per heavy atom. The average molecular weight is 297 g/mol. The second-order valence-corrected chi connectivity index (χ2v) is 5.19. The maximum atomic E-state index is 11.8. The van der Waals surface area contributed by atoms with Crippen molar-refractivity contribution in [3.05, 3.63) is 0 Å². The number of halogens is 3. The lowest BCUT2D eigenvalue weighted by Crippen LogP contribution is -2.33. The van der Waals surface area contributed by atoms with Crippen LogP contribution >= 0.6 is 0 Å². The minimum absolute atomic E-state index is 0.175. The first-order valence-electron chi connectivity index (χ1n) is 5.96. The molecule has 8 heteroatoms. The summed E-state index contributed by atoms with van der Waals surface area (Å²) in [5.74, 6) is -2.39. The fourth-order valence-corrected chi connectivity index (χ4v) is 1.16. The molecule has 0 bridgehead atoms. The summed E-state index contributed by atoms with van der Waals surface area (Å²) >= 11 is 0. The molecule has 0 aromatic carbocycles. The van der Waals surface area contributed by atoms with Gasteiger partial charge in [-0.25, -0.2) is 0 Å². The van der Waals surface area contributed by atoms with E-state index in [1.165, 1.54) is 0 Å². The van der Waals surface area contributed by atoms with Gasteiger partial charge in [-0.1, -0.05) is 0 Å². The molecule has 0 rings (SSSR count). The fourth-order valence-electron chi connectivity index (χ4n) is 1.16. The molecule has 1 amide bonds. The summed E-state index contributed by atoms with van der Waals surface area (Å²) in [6, 6.07) is 0. The lowest BCUT2D eigenvalue weighted by molar-refractivity contribution is -0.155. The highest BCUT2D eigenvalue weighted by atomic mass is 19.4. The van der Waals surface area contributed by atoms with Crippen LogP contribution in [0.25, 0.3) is 0 Å². The molecule has 0 atom stereocenters. The third kappa shape index (κ3) is 11.5. The maximum absolute atomic E-state index is 11.8. The first-order chi connectivity index (χ1) is 8.89. The highest BCUT2D eigenvalue weighted by Gasteiger charge is 2.31. The normalized spacial score (nSPS) is 11.9. The van der Waals surface area contributed by atoms with Crippen molar-refractivity contribution in [1.29, 1.82) is 0 Å². The zero-order valence-electron chi connectivity index (χ0n) is 11.6. The topological polar surface area (TPSA) is 72.5 Å². The fraction of sp³-hybridized carbons (Fsp3) is 0.750. The zero-order chi connectivity index (χ0) is 16.0. The monoisotopic (exact) mass is 297 g/mol. The lowest BCUT2D eigenvalue weighted by Gasteiger charge is -2.19. The van der Waals surface area contributed by atoms with Crippen molar-refractivity contribution in [1.82, 2.24) is 5.32 Å². The zero-order valence-corrected chi connectivity index (χ0v) is 11.6. The number of carbonyl (C=O) groups is 3. The van der Waals surface area contributed by atoms with Crippen LogP contribution in [0.2, 0.25) is 0 Å². The first kappa shape index (κ1) is 18.4. The molecule has 0 aliphatic carbocycles. The average Bonchev–Trinajstić information content (AvgIpc) is 2.18. The van der Waals surface area contributed by atoms with Crippen LogP contribution in [0, 0.1) is 0 Å². The van der Waals surface area contributed by atoms with Gasteiger partial charge >= 0.3 is 12.1 Å². The summed E-state index contributed by atoms with van der Waals surface area (Å²) in [7, 11) is 0. The first-order valence-corrected chi connectivity index (χ1v) is 5.96. The summed E-state index contributed by atoms with van der Waals surface area (Å²) in [4.78, 5) is 33.4. The Balaban J connectivity index is 3.91. The minimum atomic E-state index is -4.61. The Kier molecular flexibility index (Phi) is 6.67. The van der Waals surface area contributed by atoms with Crippen LogP contribution in [-0.4, -0.2) is 36.0 Å². The van der Waals surface area contributed by atoms with Crippen LogP contribution in [-0.2, 0) is 19.1 Å². The Hall–Kier alpha value is -1.60. The molecule has 0 aliphatic rings. The van der Waals surface area contributed by atoms with Gasteiger partial charge in [0.2, 0.25) is 5.91 Å². The Morgan fingerprint density at radius 1 is 1.05 bits per heavy atom. The van der Waals surface area contributed by atoms with Gasteiger partial charge < -0.3 is 10.1 Å². The smallest absolute Gasteiger partial charge is 0.397 e. The molecule has 0 unspecified atom stereocenters. The number of hydrogen-bond acceptors (Lipinski definition) is 4. The molecular formula is C12H18F3NO4. The molecule has 116 valence electrons. The molecule has 20 heavy (non-hydrogen) atoms. The van der Waals surface area contributed by atoms with Gasteiger partial charge in [0, 0.05) is 6.42 Å². The molecule has 0 fully saturated rings. The van der Waals surface area contributed by atoms with E-state index < -0.39 is 42.4 Å². The minimum Gasteiger partial charge on any atom is -0.460 e. The second-order valence-electron chi connectivity index (χ2n) is 5.19. The molecule has 5 nitrogen and oxygen atoms in total. The second kappa shape index (κ2) is 7.25. The Morgan fingerprint density at radius 3 is 2.05 bits per heavy atom. The van der Waals surface area contributed by atoms with Gasteiger partial charge in [-0.15, -0.1) is 0 Å². The van der Waals surface area contributed by atoms with Crippen LogP contribution in [0.15, 0.2) is 0 Å². The summed E-state index contributed by atoms with van der Waals surface area (Å²) < 4.78 is 40.5. The van der Waals surface area contributed by atoms with Crippen molar-refractivity contribution >= 4 is 17.7 Å². The number of rotatable bonds is 6. The molecule has 0 aromatic rings. The van der Waals surface area contributed by atoms with E-state index in [1.54, 1.807) is 20.8 Å². The van der Waals surface area contributed by atoms with Crippen LogP contribution in [0.4, 0.5) is 13.2 Å². The summed E-state index contributed by atoms with van der Waals surface area (Å²) in [6.07, 6.45) is -6.61. The highest BCUT2D eigenvalue weighted by molar-refractivity contribution is 5.88. The predicted octanol–water partition coefficient (Wildman–Crippen LogP) is 1.75. The third-order valence-electron chi connectivity index (χ3n) is 1.87. The van der Waals surface area contributed by atoms with Crippen molar-refractivity contribution < 1.29 is 32.3 Å². The van der Waals surface area contributed by atoms with E-state index in [1.807, 2.05) is 5.32 Å². The standard InChI is InChI=1S/C12H18F3NO4/c1-11(2,3)20-10(19)5-4-8(17)7-16-9(18)6-12(13,14)15/h4-7H2,1-3H3,(H,16,18). The van der Waals surface area contributed by atoms with Crippen LogP contribution in [0.3, 0.4) is 0 Å². The number of ether oxygens (including phenoxy) is 1. The van der Waals surface area contributed by atoms with Crippen LogP contribution in [0.5, 0.6) is 0 Å². The van der Waals surface area contributed by atoms with E-state index in [2.05, 4.69) is 0 Å². The molecule has 0 saturated carbocycles. The van der Waals surface area contributed by atoms with Crippen molar-refractivity contribution in [2.45, 2.75) is 51.8 Å². The lowest BCUT2D eigenvalue weighted by atomic mass is 10.2. The molecular weight excluding hydrogens is 279 g/mol. The van der Waals surface area contributed by atoms with Gasteiger partial charge in [0.15, 0.2) is 5.78 Å². The highest BCUT2D eigenvalue weighted by Crippen LogP contribution is 2.18. The number of Topliss-reactive ketones (excluding diaryl/α,β-unsaturated/α-hetero) is 1. The van der Waals surface area contributed by atoms with Gasteiger partial charge in [0.1, 0.15) is 12.0 Å². The molecule has 0 aromatic heterocycles. The summed E-state index contributed by atoms with van der Waals surface area (Å²) in [5, 5.41) is 1.85. The molecule has 1 N–H and O–H groups in total. The maximum Gasteiger partial charge on any atom is 0.397 e. The van der Waals surface area contributed by atoms with E-state index in [0.717, 1.165) is 0 Å². The predicted molar refractivity (Wildman–Crippen MR) is 63.8 cm³/mol. The number of alkyl halides is 3. The number of carbonyl (C=O) groups excluding carboxylic acids is 3. The van der Waals surface area contributed by atoms with Crippen molar-refractivity contribution in [2.75, 3.05) is 6.54 Å². The van der Waals surface area contributed by atoms with E-state index in [0.29, 0.717) is 0 Å². The molecule has 0 heterocycles. The molecule has 0 spiro atoms. The third-order valence-corrected chi connectivity index (χ3v) is 1.87. The van der Waals surface area contributed by atoms with Crippen molar-refractivity contribution in [3.8, 4) is 0 Å². The van der Waals surface area contributed by atoms with Crippen LogP contribution in [0.1, 0.15) is 40.0 Å². The molecule has 0 saturated heterocycles. The van der Waals surface area contributed by atoms with Gasteiger partial charge in [0.05, 0.1) is 13.0 Å². The number of amides is 1. The van der Waals surface area contributed by atoms with Crippen molar-refractivity contribution in [2.24, 2.45) is 0 Å². The quantitative estimate of drug-likeness (QED) is 0.758. The number of esters is 1. The molecule has 0 aliphatic heterocycles. The largest absolute Gasteiger partial charge is 0.460 e. The Labute approximate surface area is 114 Å². The van der Waals surface area contributed by atoms with Gasteiger partial charge in [-0.05, 0) is 20.8 Å². The number of ketones is 1. The molecule has 0 radical (unpaired) electrons. The number of hydrogen-bond donors (Lipinski definition) is 1. The van der Waals surface area contributed by atoms with E-state index in [4.69, 9.17) is 4.74 Å². The number of nitrogens with one attached hydrogen (secondary N) is 1.